The molecule has 0 spiro atoms. The van der Waals surface area contributed by atoms with Crippen molar-refractivity contribution < 1.29 is 17.9 Å². The molecule has 2 heterocycles. The van der Waals surface area contributed by atoms with E-state index in [1.807, 2.05) is 19.1 Å². The molecule has 4 rings (SSSR count). The van der Waals surface area contributed by atoms with E-state index in [2.05, 4.69) is 20.1 Å². The Bertz CT molecular complexity index is 1520. The fraction of sp³-hybridized carbons (Fsp3) is 0.222. The van der Waals surface area contributed by atoms with Gasteiger partial charge in [0.15, 0.2) is 0 Å². The molecule has 2 aromatic carbocycles. The Labute approximate surface area is 216 Å². The molecule has 1 amide bonds. The van der Waals surface area contributed by atoms with Crippen molar-refractivity contribution in [1.29, 1.82) is 0 Å². The SMILES string of the molecule is COc1ccc(-n2nc(C)cc2C(=O)Nc2ccc(-c3ccccc3S(=O)(=O)NC(C)(C)C)cn2)cc1. The smallest absolute Gasteiger partial charge is 0.275 e. The number of amides is 1. The lowest BCUT2D eigenvalue weighted by Crippen LogP contribution is -2.40. The van der Waals surface area contributed by atoms with Crippen LogP contribution in [0.15, 0.2) is 77.8 Å². The average molecular weight is 520 g/mol. The van der Waals surface area contributed by atoms with Gasteiger partial charge in [0.05, 0.1) is 23.4 Å². The maximum Gasteiger partial charge on any atom is 0.275 e. The Kier molecular flexibility index (Phi) is 7.15. The molecule has 0 fully saturated rings. The van der Waals surface area contributed by atoms with Gasteiger partial charge in [-0.15, -0.1) is 0 Å². The number of nitrogens with one attached hydrogen (secondary N) is 2. The monoisotopic (exact) mass is 519 g/mol. The quantitative estimate of drug-likeness (QED) is 0.369. The number of rotatable bonds is 7. The van der Waals surface area contributed by atoms with Crippen LogP contribution in [-0.2, 0) is 10.0 Å². The Morgan fingerprint density at radius 3 is 2.32 bits per heavy atom. The van der Waals surface area contributed by atoms with Crippen LogP contribution in [0.4, 0.5) is 5.82 Å². The largest absolute Gasteiger partial charge is 0.497 e. The van der Waals surface area contributed by atoms with Crippen molar-refractivity contribution in [1.82, 2.24) is 19.5 Å². The number of carbonyl (C=O) groups is 1. The minimum atomic E-state index is -3.76. The van der Waals surface area contributed by atoms with Gasteiger partial charge in [0.25, 0.3) is 5.91 Å². The molecule has 37 heavy (non-hydrogen) atoms. The van der Waals surface area contributed by atoms with Gasteiger partial charge in [0.1, 0.15) is 17.3 Å². The van der Waals surface area contributed by atoms with Gasteiger partial charge in [-0.3, -0.25) is 4.79 Å². The van der Waals surface area contributed by atoms with Crippen LogP contribution in [0.5, 0.6) is 5.75 Å². The summed E-state index contributed by atoms with van der Waals surface area (Å²) < 4.78 is 35.4. The minimum Gasteiger partial charge on any atom is -0.497 e. The number of pyridine rings is 1. The number of hydrogen-bond donors (Lipinski definition) is 2. The Hall–Kier alpha value is -4.02. The van der Waals surface area contributed by atoms with Gasteiger partial charge in [-0.2, -0.15) is 5.10 Å². The normalized spacial score (nSPS) is 11.8. The lowest BCUT2D eigenvalue weighted by Gasteiger charge is -2.21. The number of benzene rings is 2. The number of anilines is 1. The van der Waals surface area contributed by atoms with Gasteiger partial charge < -0.3 is 10.1 Å². The predicted molar refractivity (Wildman–Crippen MR) is 143 cm³/mol. The second-order valence-electron chi connectivity index (χ2n) is 9.52. The van der Waals surface area contributed by atoms with Crippen molar-refractivity contribution in [2.75, 3.05) is 12.4 Å². The Morgan fingerprint density at radius 1 is 1.00 bits per heavy atom. The van der Waals surface area contributed by atoms with Crippen LogP contribution in [-0.4, -0.2) is 41.7 Å². The first-order chi connectivity index (χ1) is 17.5. The molecule has 0 aliphatic rings. The highest BCUT2D eigenvalue weighted by Crippen LogP contribution is 2.28. The van der Waals surface area contributed by atoms with Gasteiger partial charge >= 0.3 is 0 Å². The van der Waals surface area contributed by atoms with Crippen LogP contribution in [0.25, 0.3) is 16.8 Å². The van der Waals surface area contributed by atoms with E-state index in [0.29, 0.717) is 39.8 Å². The van der Waals surface area contributed by atoms with E-state index in [9.17, 15) is 13.2 Å². The van der Waals surface area contributed by atoms with Crippen molar-refractivity contribution in [3.05, 3.63) is 84.3 Å². The molecule has 9 nitrogen and oxygen atoms in total. The first-order valence-electron chi connectivity index (χ1n) is 11.6. The van der Waals surface area contributed by atoms with Gasteiger partial charge in [0, 0.05) is 22.9 Å². The van der Waals surface area contributed by atoms with E-state index >= 15 is 0 Å². The summed E-state index contributed by atoms with van der Waals surface area (Å²) in [5, 5.41) is 7.24. The minimum absolute atomic E-state index is 0.155. The van der Waals surface area contributed by atoms with Gasteiger partial charge in [0.2, 0.25) is 10.0 Å². The van der Waals surface area contributed by atoms with E-state index in [1.54, 1.807) is 87.2 Å². The number of aryl methyl sites for hydroxylation is 1. The summed E-state index contributed by atoms with van der Waals surface area (Å²) in [5.41, 5.74) is 2.23. The Balaban J connectivity index is 1.58. The summed E-state index contributed by atoms with van der Waals surface area (Å²) in [6, 6.07) is 19.0. The summed E-state index contributed by atoms with van der Waals surface area (Å²) in [7, 11) is -2.17. The second kappa shape index (κ2) is 10.2. The van der Waals surface area contributed by atoms with E-state index < -0.39 is 15.6 Å². The highest BCUT2D eigenvalue weighted by molar-refractivity contribution is 7.89. The third-order valence-corrected chi connectivity index (χ3v) is 7.13. The molecule has 2 N–H and O–H groups in total. The number of nitrogens with zero attached hydrogens (tertiary/aromatic N) is 3. The average Bonchev–Trinajstić information content (AvgIpc) is 3.25. The van der Waals surface area contributed by atoms with Crippen molar-refractivity contribution in [2.24, 2.45) is 0 Å². The summed E-state index contributed by atoms with van der Waals surface area (Å²) in [5.74, 6) is 0.641. The number of methoxy groups -OCH3 is 1. The number of aromatic nitrogens is 3. The van der Waals surface area contributed by atoms with Crippen LogP contribution in [0.1, 0.15) is 37.0 Å². The lowest BCUT2D eigenvalue weighted by molar-refractivity contribution is 0.101. The molecule has 0 unspecified atom stereocenters. The summed E-state index contributed by atoms with van der Waals surface area (Å²) >= 11 is 0. The van der Waals surface area contributed by atoms with E-state index in [0.717, 1.165) is 0 Å². The molecule has 4 aromatic rings. The van der Waals surface area contributed by atoms with Crippen molar-refractivity contribution in [3.8, 4) is 22.6 Å². The zero-order valence-electron chi connectivity index (χ0n) is 21.3. The molecule has 0 radical (unpaired) electrons. The zero-order chi connectivity index (χ0) is 26.8. The molecular weight excluding hydrogens is 490 g/mol. The highest BCUT2D eigenvalue weighted by Gasteiger charge is 2.25. The molecule has 192 valence electrons. The summed E-state index contributed by atoms with van der Waals surface area (Å²) in [6.07, 6.45) is 1.53. The molecule has 0 aliphatic heterocycles. The van der Waals surface area contributed by atoms with Crippen LogP contribution < -0.4 is 14.8 Å². The molecule has 0 aliphatic carbocycles. The topological polar surface area (TPSA) is 115 Å². The molecule has 0 saturated carbocycles. The third kappa shape index (κ3) is 6.04. The summed E-state index contributed by atoms with van der Waals surface area (Å²) in [4.78, 5) is 17.6. The van der Waals surface area contributed by atoms with Crippen molar-refractivity contribution in [2.45, 2.75) is 38.1 Å². The number of sulfonamides is 1. The van der Waals surface area contributed by atoms with Gasteiger partial charge in [-0.25, -0.2) is 22.8 Å². The molecule has 10 heteroatoms. The first kappa shape index (κ1) is 26.1. The Morgan fingerprint density at radius 2 is 1.70 bits per heavy atom. The number of carbonyl (C=O) groups excluding carboxylic acids is 1. The number of ether oxygens (including phenoxy) is 1. The lowest BCUT2D eigenvalue weighted by atomic mass is 10.1. The second-order valence-corrected chi connectivity index (χ2v) is 11.2. The number of hydrogen-bond acceptors (Lipinski definition) is 6. The third-order valence-electron chi connectivity index (χ3n) is 5.31. The fourth-order valence-electron chi connectivity index (χ4n) is 3.79. The standard InChI is InChI=1S/C27H29N5O4S/c1-18-16-23(32(30-18)20-11-13-21(36-5)14-12-20)26(33)29-25-15-10-19(17-28-25)22-8-6-7-9-24(22)37(34,35)31-27(2,3)4/h6-17,31H,1-5H3,(H,28,29,33). The van der Waals surface area contributed by atoms with Crippen LogP contribution in [0.3, 0.4) is 0 Å². The van der Waals surface area contributed by atoms with Crippen molar-refractivity contribution >= 4 is 21.7 Å². The van der Waals surface area contributed by atoms with E-state index in [-0.39, 0.29) is 10.8 Å². The van der Waals surface area contributed by atoms with Crippen LogP contribution in [0, 0.1) is 6.92 Å². The van der Waals surface area contributed by atoms with Gasteiger partial charge in [-0.05, 0) is 76.2 Å². The maximum atomic E-state index is 13.1. The molecule has 0 atom stereocenters. The van der Waals surface area contributed by atoms with Gasteiger partial charge in [-0.1, -0.05) is 18.2 Å². The fourth-order valence-corrected chi connectivity index (χ4v) is 5.44. The highest BCUT2D eigenvalue weighted by atomic mass is 32.2. The first-order valence-corrected chi connectivity index (χ1v) is 13.1. The zero-order valence-corrected chi connectivity index (χ0v) is 22.1. The van der Waals surface area contributed by atoms with Crippen LogP contribution in [0.2, 0.25) is 0 Å². The van der Waals surface area contributed by atoms with Crippen LogP contribution >= 0.6 is 0 Å². The molecular formula is C27H29N5O4S. The van der Waals surface area contributed by atoms with Crippen molar-refractivity contribution in [3.63, 3.8) is 0 Å². The molecule has 2 aromatic heterocycles. The van der Waals surface area contributed by atoms with E-state index in [4.69, 9.17) is 4.74 Å². The van der Waals surface area contributed by atoms with E-state index in [1.165, 1.54) is 6.20 Å². The predicted octanol–water partition coefficient (Wildman–Crippen LogP) is 4.58. The molecule has 0 bridgehead atoms. The molecule has 0 saturated heterocycles. The summed E-state index contributed by atoms with van der Waals surface area (Å²) in [6.45, 7) is 7.17. The maximum absolute atomic E-state index is 13.1.